The van der Waals surface area contributed by atoms with Crippen molar-refractivity contribution < 1.29 is 23.4 Å². The second kappa shape index (κ2) is 11.7. The lowest BCUT2D eigenvalue weighted by Crippen LogP contribution is -2.37. The Morgan fingerprint density at radius 3 is 2.41 bits per heavy atom. The molecule has 0 bridgehead atoms. The van der Waals surface area contributed by atoms with E-state index in [0.717, 1.165) is 0 Å². The summed E-state index contributed by atoms with van der Waals surface area (Å²) in [5, 5.41) is 4.08. The van der Waals surface area contributed by atoms with Crippen LogP contribution in [0.1, 0.15) is 27.7 Å². The second-order valence-electron chi connectivity index (χ2n) is 10.3. The van der Waals surface area contributed by atoms with Gasteiger partial charge in [0, 0.05) is 0 Å². The topological polar surface area (TPSA) is 143 Å². The van der Waals surface area contributed by atoms with Gasteiger partial charge in [0.05, 0.1) is 33.2 Å². The van der Waals surface area contributed by atoms with Crippen LogP contribution in [0.3, 0.4) is 0 Å². The molecule has 3 N–H and O–H groups in total. The van der Waals surface area contributed by atoms with Crippen LogP contribution in [-0.2, 0) is 25.4 Å². The Balaban J connectivity index is 1.74. The minimum absolute atomic E-state index is 0.271. The number of ether oxygens (including phenoxy) is 2. The number of nitrogens with one attached hydrogen (secondary N) is 1. The molecule has 2 heterocycles. The molecule has 0 aliphatic heterocycles. The normalized spacial score (nSPS) is 15.4. The van der Waals surface area contributed by atoms with Crippen molar-refractivity contribution in [3.8, 4) is 5.75 Å². The smallest absolute Gasteiger partial charge is 0.342 e. The Morgan fingerprint density at radius 1 is 1.11 bits per heavy atom. The molecule has 11 nitrogen and oxygen atoms in total. The highest BCUT2D eigenvalue weighted by Gasteiger charge is 2.32. The number of hydrogen-bond donors (Lipinski definition) is 2. The SMILES string of the molecule is CC(C)OC(=O)[C@H](C)NP(=O)(CO[C@H](C)Cn1cnc2c(N)ncnc21)Oc1ccc([Si](C)(C)C)cc1. The fraction of sp³-hybridized carbons (Fsp3) is 0.500. The van der Waals surface area contributed by atoms with Crippen molar-refractivity contribution in [1.82, 2.24) is 24.6 Å². The number of fused-ring (bicyclic) bond motifs is 1. The molecular formula is C24H37N6O5PSi. The lowest BCUT2D eigenvalue weighted by atomic mass is 10.3. The Hall–Kier alpha value is -2.79. The Labute approximate surface area is 218 Å². The molecular weight excluding hydrogens is 511 g/mol. The maximum atomic E-state index is 13.9. The van der Waals surface area contributed by atoms with Crippen molar-refractivity contribution in [2.45, 2.75) is 72.1 Å². The van der Waals surface area contributed by atoms with Gasteiger partial charge in [0.1, 0.15) is 30.0 Å². The number of benzene rings is 1. The summed E-state index contributed by atoms with van der Waals surface area (Å²) >= 11 is 0. The van der Waals surface area contributed by atoms with Gasteiger partial charge < -0.3 is 24.3 Å². The first-order chi connectivity index (χ1) is 17.3. The quantitative estimate of drug-likeness (QED) is 0.196. The van der Waals surface area contributed by atoms with E-state index in [2.05, 4.69) is 39.7 Å². The lowest BCUT2D eigenvalue weighted by molar-refractivity contribution is -0.149. The highest BCUT2D eigenvalue weighted by molar-refractivity contribution is 7.57. The van der Waals surface area contributed by atoms with Crippen LogP contribution in [0.15, 0.2) is 36.9 Å². The molecule has 2 aromatic heterocycles. The Kier molecular flexibility index (Phi) is 9.12. The van der Waals surface area contributed by atoms with Gasteiger partial charge in [-0.1, -0.05) is 37.0 Å². The molecule has 0 aliphatic carbocycles. The van der Waals surface area contributed by atoms with Crippen molar-refractivity contribution >= 4 is 43.7 Å². The fourth-order valence-corrected chi connectivity index (χ4v) is 6.50. The van der Waals surface area contributed by atoms with Crippen molar-refractivity contribution in [2.75, 3.05) is 12.1 Å². The number of imidazole rings is 1. The van der Waals surface area contributed by atoms with Crippen molar-refractivity contribution in [3.05, 3.63) is 36.9 Å². The van der Waals surface area contributed by atoms with Crippen LogP contribution in [0.25, 0.3) is 11.2 Å². The summed E-state index contributed by atoms with van der Waals surface area (Å²) in [5.74, 6) is 0.191. The van der Waals surface area contributed by atoms with Gasteiger partial charge in [-0.15, -0.1) is 0 Å². The zero-order chi connectivity index (χ0) is 27.4. The van der Waals surface area contributed by atoms with E-state index in [0.29, 0.717) is 29.3 Å². The number of rotatable bonds is 12. The minimum Gasteiger partial charge on any atom is -0.462 e. The minimum atomic E-state index is -3.68. The van der Waals surface area contributed by atoms with Gasteiger partial charge in [-0.2, -0.15) is 0 Å². The van der Waals surface area contributed by atoms with Crippen LogP contribution < -0.4 is 20.5 Å². The van der Waals surface area contributed by atoms with Crippen molar-refractivity contribution in [1.29, 1.82) is 0 Å². The standard InChI is InChI=1S/C24H37N6O5PSi/c1-16(2)34-24(31)18(4)29-36(32,35-19-8-10-20(11-9-19)37(5,6)7)15-33-17(3)12-30-14-28-21-22(25)26-13-27-23(21)30/h8-11,13-14,16-18H,12,15H2,1-7H3,(H,29,32)(H2,25,26,27)/t17-,18+,36?/m1/s1. The molecule has 13 heteroatoms. The summed E-state index contributed by atoms with van der Waals surface area (Å²) in [6.45, 7) is 14.0. The number of nitrogen functional groups attached to an aromatic ring is 1. The molecule has 0 amide bonds. The molecule has 0 saturated carbocycles. The number of aromatic nitrogens is 4. The van der Waals surface area contributed by atoms with Crippen LogP contribution in [-0.4, -0.2) is 58.2 Å². The van der Waals surface area contributed by atoms with Gasteiger partial charge in [0.2, 0.25) is 0 Å². The summed E-state index contributed by atoms with van der Waals surface area (Å²) in [6.07, 6.45) is 2.02. The van der Waals surface area contributed by atoms with Gasteiger partial charge in [-0.25, -0.2) is 20.0 Å². The third-order valence-electron chi connectivity index (χ3n) is 5.48. The van der Waals surface area contributed by atoms with Gasteiger partial charge in [-0.3, -0.25) is 9.36 Å². The predicted molar refractivity (Wildman–Crippen MR) is 147 cm³/mol. The number of nitrogens with two attached hydrogens (primary N) is 1. The average molecular weight is 549 g/mol. The highest BCUT2D eigenvalue weighted by Crippen LogP contribution is 2.44. The van der Waals surface area contributed by atoms with E-state index in [1.54, 1.807) is 43.8 Å². The van der Waals surface area contributed by atoms with Crippen LogP contribution in [0.5, 0.6) is 5.75 Å². The molecule has 3 aromatic rings. The zero-order valence-electron chi connectivity index (χ0n) is 22.5. The molecule has 0 spiro atoms. The summed E-state index contributed by atoms with van der Waals surface area (Å²) in [7, 11) is -5.19. The van der Waals surface area contributed by atoms with Gasteiger partial charge in [0.25, 0.3) is 0 Å². The summed E-state index contributed by atoms with van der Waals surface area (Å²) in [6, 6.07) is 6.70. The number of carbonyl (C=O) groups excluding carboxylic acids is 1. The molecule has 1 aromatic carbocycles. The second-order valence-corrected chi connectivity index (χ2v) is 17.4. The number of esters is 1. The number of anilines is 1. The third kappa shape index (κ3) is 7.84. The van der Waals surface area contributed by atoms with E-state index in [1.807, 2.05) is 19.1 Å². The van der Waals surface area contributed by atoms with Gasteiger partial charge in [0.15, 0.2) is 11.5 Å². The molecule has 0 aliphatic rings. The monoisotopic (exact) mass is 548 g/mol. The molecule has 0 radical (unpaired) electrons. The first kappa shape index (κ1) is 28.8. The van der Waals surface area contributed by atoms with Crippen LogP contribution >= 0.6 is 7.52 Å². The molecule has 0 saturated heterocycles. The lowest BCUT2D eigenvalue weighted by Gasteiger charge is -2.26. The van der Waals surface area contributed by atoms with E-state index >= 15 is 0 Å². The highest BCUT2D eigenvalue weighted by atomic mass is 31.2. The third-order valence-corrected chi connectivity index (χ3v) is 9.32. The number of carbonyl (C=O) groups is 1. The number of nitrogens with zero attached hydrogens (tertiary/aromatic N) is 4. The summed E-state index contributed by atoms with van der Waals surface area (Å²) in [5.41, 5.74) is 6.95. The average Bonchev–Trinajstić information content (AvgIpc) is 3.21. The molecule has 202 valence electrons. The van der Waals surface area contributed by atoms with E-state index in [1.165, 1.54) is 11.5 Å². The maximum absolute atomic E-state index is 13.9. The molecule has 3 rings (SSSR count). The van der Waals surface area contributed by atoms with Crippen LogP contribution in [0.2, 0.25) is 19.6 Å². The van der Waals surface area contributed by atoms with Crippen molar-refractivity contribution in [2.24, 2.45) is 0 Å². The van der Waals surface area contributed by atoms with Crippen LogP contribution in [0.4, 0.5) is 5.82 Å². The Morgan fingerprint density at radius 2 is 1.78 bits per heavy atom. The Bertz CT molecular complexity index is 1260. The first-order valence-electron chi connectivity index (χ1n) is 12.2. The van der Waals surface area contributed by atoms with Crippen LogP contribution in [0, 0.1) is 0 Å². The van der Waals surface area contributed by atoms with E-state index in [4.69, 9.17) is 19.7 Å². The van der Waals surface area contributed by atoms with E-state index in [9.17, 15) is 9.36 Å². The maximum Gasteiger partial charge on any atom is 0.342 e. The molecule has 3 atom stereocenters. The largest absolute Gasteiger partial charge is 0.462 e. The molecule has 1 unspecified atom stereocenters. The predicted octanol–water partition coefficient (Wildman–Crippen LogP) is 3.52. The first-order valence-corrected chi connectivity index (χ1v) is 17.5. The van der Waals surface area contributed by atoms with Gasteiger partial charge in [-0.05, 0) is 39.8 Å². The van der Waals surface area contributed by atoms with Gasteiger partial charge >= 0.3 is 13.5 Å². The fourth-order valence-electron chi connectivity index (χ4n) is 3.55. The van der Waals surface area contributed by atoms with E-state index in [-0.39, 0.29) is 18.6 Å². The molecule has 37 heavy (non-hydrogen) atoms. The summed E-state index contributed by atoms with van der Waals surface area (Å²) in [4.78, 5) is 24.9. The van der Waals surface area contributed by atoms with Crippen molar-refractivity contribution in [3.63, 3.8) is 0 Å². The number of hydrogen-bond acceptors (Lipinski definition) is 9. The molecule has 0 fully saturated rings. The van der Waals surface area contributed by atoms with E-state index < -0.39 is 27.6 Å². The zero-order valence-corrected chi connectivity index (χ0v) is 24.4. The summed E-state index contributed by atoms with van der Waals surface area (Å²) < 4.78 is 32.9.